The van der Waals surface area contributed by atoms with Crippen LogP contribution in [0.4, 0.5) is 0 Å². The van der Waals surface area contributed by atoms with Crippen molar-refractivity contribution in [2.24, 2.45) is 0 Å². The van der Waals surface area contributed by atoms with Gasteiger partial charge in [0.05, 0.1) is 6.61 Å². The summed E-state index contributed by atoms with van der Waals surface area (Å²) in [5, 5.41) is 0. The summed E-state index contributed by atoms with van der Waals surface area (Å²) in [4.78, 5) is 6.67. The highest BCUT2D eigenvalue weighted by Gasteiger charge is 2.30. The van der Waals surface area contributed by atoms with Gasteiger partial charge in [-0.25, -0.2) is 0 Å². The maximum atomic E-state index is 5.46. The molecule has 0 amide bonds. The summed E-state index contributed by atoms with van der Waals surface area (Å²) in [7, 11) is 0. The van der Waals surface area contributed by atoms with Crippen LogP contribution < -0.4 is 0 Å². The van der Waals surface area contributed by atoms with Gasteiger partial charge in [-0.2, -0.15) is 0 Å². The van der Waals surface area contributed by atoms with E-state index in [0.29, 0.717) is 12.0 Å². The molecule has 0 saturated carbocycles. The summed E-state index contributed by atoms with van der Waals surface area (Å²) in [6.45, 7) is 4.29. The Morgan fingerprint density at radius 1 is 1.25 bits per heavy atom. The van der Waals surface area contributed by atoms with Gasteiger partial charge in [0.2, 0.25) is 0 Å². The van der Waals surface area contributed by atoms with Crippen LogP contribution >= 0.6 is 0 Å². The maximum Gasteiger partial charge on any atom is 0.0622 e. The van der Waals surface area contributed by atoms with Crippen molar-refractivity contribution in [3.63, 3.8) is 0 Å². The molecule has 3 nitrogen and oxygen atoms in total. The van der Waals surface area contributed by atoms with Gasteiger partial charge in [-0.05, 0) is 43.0 Å². The average molecular weight is 218 g/mol. The molecule has 0 bridgehead atoms. The molecule has 3 heterocycles. The minimum absolute atomic E-state index is 0.673. The van der Waals surface area contributed by atoms with E-state index in [1.165, 1.54) is 31.5 Å². The van der Waals surface area contributed by atoms with Crippen LogP contribution in [0, 0.1) is 0 Å². The number of ether oxygens (including phenoxy) is 1. The molecular weight excluding hydrogens is 200 g/mol. The summed E-state index contributed by atoms with van der Waals surface area (Å²) >= 11 is 0. The molecule has 3 rings (SSSR count). The Morgan fingerprint density at radius 3 is 2.88 bits per heavy atom. The fraction of sp³-hybridized carbons (Fsp3) is 0.615. The summed E-state index contributed by atoms with van der Waals surface area (Å²) < 4.78 is 5.46. The molecule has 86 valence electrons. The summed E-state index contributed by atoms with van der Waals surface area (Å²) in [6.07, 6.45) is 6.29. The number of aromatic nitrogens is 1. The summed E-state index contributed by atoms with van der Waals surface area (Å²) in [5.41, 5.74) is 1.44. The molecule has 16 heavy (non-hydrogen) atoms. The van der Waals surface area contributed by atoms with E-state index in [0.717, 1.165) is 13.2 Å². The van der Waals surface area contributed by atoms with Gasteiger partial charge in [-0.15, -0.1) is 0 Å². The van der Waals surface area contributed by atoms with Crippen LogP contribution in [0.15, 0.2) is 24.5 Å². The van der Waals surface area contributed by atoms with Crippen LogP contribution in [0.5, 0.6) is 0 Å². The van der Waals surface area contributed by atoms with E-state index in [1.807, 2.05) is 12.4 Å². The first-order valence-corrected chi connectivity index (χ1v) is 6.15. The standard InChI is InChI=1S/C13H18N2O/c1-5-14-6-2-11(1)12-3-7-15(9-12)13-4-8-16-10-13/h1-2,5-6,12-13H,3-4,7-10H2/t12-,13+/m1/s1. The van der Waals surface area contributed by atoms with Crippen LogP contribution in [0.25, 0.3) is 0 Å². The van der Waals surface area contributed by atoms with Crippen LogP contribution in [0.1, 0.15) is 24.3 Å². The first-order chi connectivity index (χ1) is 7.93. The third-order valence-corrected chi connectivity index (χ3v) is 3.82. The Hall–Kier alpha value is -0.930. The van der Waals surface area contributed by atoms with E-state index in [4.69, 9.17) is 4.74 Å². The molecule has 2 aliphatic heterocycles. The first kappa shape index (κ1) is 10.2. The van der Waals surface area contributed by atoms with E-state index in [1.54, 1.807) is 0 Å². The van der Waals surface area contributed by atoms with Crippen LogP contribution in [-0.4, -0.2) is 42.2 Å². The number of pyridine rings is 1. The number of likely N-dealkylation sites (tertiary alicyclic amines) is 1. The monoisotopic (exact) mass is 218 g/mol. The fourth-order valence-electron chi connectivity index (χ4n) is 2.84. The molecular formula is C13H18N2O. The van der Waals surface area contributed by atoms with Gasteiger partial charge < -0.3 is 4.74 Å². The molecule has 2 saturated heterocycles. The van der Waals surface area contributed by atoms with Gasteiger partial charge in [-0.3, -0.25) is 9.88 Å². The van der Waals surface area contributed by atoms with Crippen molar-refractivity contribution in [3.8, 4) is 0 Å². The predicted octanol–water partition coefficient (Wildman–Crippen LogP) is 1.66. The third-order valence-electron chi connectivity index (χ3n) is 3.82. The van der Waals surface area contributed by atoms with Gasteiger partial charge in [0.25, 0.3) is 0 Å². The largest absolute Gasteiger partial charge is 0.380 e. The van der Waals surface area contributed by atoms with E-state index in [9.17, 15) is 0 Å². The van der Waals surface area contributed by atoms with Gasteiger partial charge in [-0.1, -0.05) is 0 Å². The van der Waals surface area contributed by atoms with Gasteiger partial charge in [0.15, 0.2) is 0 Å². The zero-order valence-electron chi connectivity index (χ0n) is 9.51. The highest BCUT2D eigenvalue weighted by molar-refractivity contribution is 5.17. The number of rotatable bonds is 2. The number of nitrogens with zero attached hydrogens (tertiary/aromatic N) is 2. The van der Waals surface area contributed by atoms with Crippen molar-refractivity contribution < 1.29 is 4.74 Å². The minimum atomic E-state index is 0.673. The van der Waals surface area contributed by atoms with Gasteiger partial charge in [0.1, 0.15) is 0 Å². The maximum absolute atomic E-state index is 5.46. The fourth-order valence-corrected chi connectivity index (χ4v) is 2.84. The second-order valence-corrected chi connectivity index (χ2v) is 4.78. The molecule has 0 aliphatic carbocycles. The van der Waals surface area contributed by atoms with Crippen molar-refractivity contribution in [1.29, 1.82) is 0 Å². The van der Waals surface area contributed by atoms with Crippen LogP contribution in [0.2, 0.25) is 0 Å². The molecule has 0 radical (unpaired) electrons. The molecule has 3 heteroatoms. The van der Waals surface area contributed by atoms with Crippen LogP contribution in [0.3, 0.4) is 0 Å². The zero-order valence-corrected chi connectivity index (χ0v) is 9.51. The van der Waals surface area contributed by atoms with E-state index in [2.05, 4.69) is 22.0 Å². The SMILES string of the molecule is c1cc([C@@H]2CCN([C@H]3CCOC3)C2)ccn1. The summed E-state index contributed by atoms with van der Waals surface area (Å²) in [5.74, 6) is 0.698. The highest BCUT2D eigenvalue weighted by atomic mass is 16.5. The quantitative estimate of drug-likeness (QED) is 0.755. The Balaban J connectivity index is 1.64. The normalized spacial score (nSPS) is 31.0. The van der Waals surface area contributed by atoms with Crippen molar-refractivity contribution in [2.45, 2.75) is 24.8 Å². The van der Waals surface area contributed by atoms with Crippen LogP contribution in [-0.2, 0) is 4.74 Å². The Kier molecular flexibility index (Phi) is 2.89. The summed E-state index contributed by atoms with van der Waals surface area (Å²) in [6, 6.07) is 4.98. The molecule has 2 fully saturated rings. The van der Waals surface area contributed by atoms with Gasteiger partial charge >= 0.3 is 0 Å². The molecule has 1 aromatic rings. The smallest absolute Gasteiger partial charge is 0.0622 e. The Morgan fingerprint density at radius 2 is 2.12 bits per heavy atom. The second-order valence-electron chi connectivity index (χ2n) is 4.78. The first-order valence-electron chi connectivity index (χ1n) is 6.15. The topological polar surface area (TPSA) is 25.4 Å². The van der Waals surface area contributed by atoms with Gasteiger partial charge in [0, 0.05) is 31.6 Å². The lowest BCUT2D eigenvalue weighted by Gasteiger charge is -2.22. The lowest BCUT2D eigenvalue weighted by Crippen LogP contribution is -2.33. The van der Waals surface area contributed by atoms with Crippen molar-refractivity contribution in [2.75, 3.05) is 26.3 Å². The Labute approximate surface area is 96.4 Å². The van der Waals surface area contributed by atoms with E-state index >= 15 is 0 Å². The molecule has 0 N–H and O–H groups in total. The second kappa shape index (κ2) is 4.52. The molecule has 0 spiro atoms. The molecule has 1 aromatic heterocycles. The zero-order chi connectivity index (χ0) is 10.8. The Bertz CT molecular complexity index is 335. The molecule has 2 aliphatic rings. The van der Waals surface area contributed by atoms with Crippen molar-refractivity contribution in [1.82, 2.24) is 9.88 Å². The van der Waals surface area contributed by atoms with Crippen molar-refractivity contribution >= 4 is 0 Å². The average Bonchev–Trinajstić information content (AvgIpc) is 3.01. The lowest BCUT2D eigenvalue weighted by molar-refractivity contribution is 0.158. The lowest BCUT2D eigenvalue weighted by atomic mass is 10.00. The van der Waals surface area contributed by atoms with Crippen molar-refractivity contribution in [3.05, 3.63) is 30.1 Å². The molecule has 2 atom stereocenters. The third kappa shape index (κ3) is 1.97. The predicted molar refractivity (Wildman–Crippen MR) is 62.4 cm³/mol. The molecule has 0 aromatic carbocycles. The number of hydrogen-bond acceptors (Lipinski definition) is 3. The molecule has 0 unspecified atom stereocenters. The number of hydrogen-bond donors (Lipinski definition) is 0. The highest BCUT2D eigenvalue weighted by Crippen LogP contribution is 2.29. The van der Waals surface area contributed by atoms with E-state index in [-0.39, 0.29) is 0 Å². The van der Waals surface area contributed by atoms with E-state index < -0.39 is 0 Å². The minimum Gasteiger partial charge on any atom is -0.380 e.